The minimum Gasteiger partial charge on any atom is -0.493 e. The number of carbonyl (C=O) groups excluding carboxylic acids is 2. The molecule has 0 radical (unpaired) electrons. The van der Waals surface area contributed by atoms with Gasteiger partial charge in [-0.05, 0) is 25.1 Å². The number of rotatable bonds is 9. The molecule has 0 spiro atoms. The molecule has 2 heterocycles. The van der Waals surface area contributed by atoms with Crippen LogP contribution in [0.4, 0.5) is 0 Å². The van der Waals surface area contributed by atoms with Gasteiger partial charge in [0.25, 0.3) is 0 Å². The summed E-state index contributed by atoms with van der Waals surface area (Å²) in [6.45, 7) is 14.4. The quantitative estimate of drug-likeness (QED) is 0.272. The first-order chi connectivity index (χ1) is 15.3. The predicted octanol–water partition coefficient (Wildman–Crippen LogP) is 5.61. The number of benzene rings is 1. The van der Waals surface area contributed by atoms with Crippen molar-refractivity contribution in [1.29, 1.82) is 0 Å². The van der Waals surface area contributed by atoms with Crippen LogP contribution in [0.2, 0.25) is 0 Å². The highest BCUT2D eigenvalue weighted by Gasteiger charge is 2.32. The molecule has 0 unspecified atom stereocenters. The van der Waals surface area contributed by atoms with E-state index in [2.05, 4.69) is 20.8 Å². The van der Waals surface area contributed by atoms with E-state index in [0.717, 1.165) is 41.4 Å². The second-order valence-corrected chi connectivity index (χ2v) is 9.00. The van der Waals surface area contributed by atoms with Crippen molar-refractivity contribution in [3.8, 4) is 5.75 Å². The molecule has 3 rings (SSSR count). The zero-order valence-electron chi connectivity index (χ0n) is 20.7. The van der Waals surface area contributed by atoms with Gasteiger partial charge in [-0.1, -0.05) is 41.0 Å². The highest BCUT2D eigenvalue weighted by molar-refractivity contribution is 7.99. The number of Topliss-reactive ketones (excluding diaryl/α,β-unsaturated/α-hetero) is 1. The molecule has 1 fully saturated rings. The average molecular weight is 466 g/mol. The van der Waals surface area contributed by atoms with E-state index < -0.39 is 0 Å². The maximum atomic E-state index is 12.0. The highest BCUT2D eigenvalue weighted by Crippen LogP contribution is 2.31. The molecule has 1 aromatic carbocycles. The van der Waals surface area contributed by atoms with Crippen LogP contribution in [0.15, 0.2) is 24.4 Å². The predicted molar refractivity (Wildman–Crippen MR) is 133 cm³/mol. The average Bonchev–Trinajstić information content (AvgIpc) is 3.12. The van der Waals surface area contributed by atoms with E-state index in [-0.39, 0.29) is 18.3 Å². The van der Waals surface area contributed by atoms with E-state index >= 15 is 0 Å². The molecule has 7 heteroatoms. The van der Waals surface area contributed by atoms with Gasteiger partial charge in [0.15, 0.2) is 5.78 Å². The molecule has 0 atom stereocenters. The maximum absolute atomic E-state index is 12.0. The molecule has 1 aliphatic rings. The first kappa shape index (κ1) is 28.0. The first-order valence-corrected chi connectivity index (χ1v) is 12.5. The molecule has 180 valence electrons. The van der Waals surface area contributed by atoms with Crippen molar-refractivity contribution < 1.29 is 23.8 Å². The number of carbonyl (C=O) groups is 2. The largest absolute Gasteiger partial charge is 0.493 e. The molecule has 0 aliphatic carbocycles. The fourth-order valence-electron chi connectivity index (χ4n) is 3.05. The van der Waals surface area contributed by atoms with Crippen LogP contribution in [0.1, 0.15) is 58.3 Å². The van der Waals surface area contributed by atoms with Gasteiger partial charge in [-0.3, -0.25) is 9.59 Å². The van der Waals surface area contributed by atoms with Gasteiger partial charge in [-0.15, -0.1) is 0 Å². The summed E-state index contributed by atoms with van der Waals surface area (Å²) in [5, 5.41) is 0.788. The Morgan fingerprint density at radius 1 is 1.22 bits per heavy atom. The summed E-state index contributed by atoms with van der Waals surface area (Å²) in [7, 11) is 1.35. The third kappa shape index (κ3) is 8.17. The lowest BCUT2D eigenvalue weighted by Crippen LogP contribution is -2.41. The van der Waals surface area contributed by atoms with Gasteiger partial charge in [-0.25, -0.2) is 0 Å². The topological polar surface area (TPSA) is 66.8 Å². The van der Waals surface area contributed by atoms with Gasteiger partial charge in [0, 0.05) is 39.6 Å². The van der Waals surface area contributed by atoms with Crippen molar-refractivity contribution in [2.45, 2.75) is 54.5 Å². The zero-order chi connectivity index (χ0) is 24.1. The van der Waals surface area contributed by atoms with E-state index in [9.17, 15) is 9.59 Å². The lowest BCUT2D eigenvalue weighted by molar-refractivity contribution is -0.141. The standard InChI is InChI=1S/C20H25NO5S.C3H8.C2H6/c1-14(22)17-9-21(10-19(23)24-3)18-5-4-15(8-16(17)18)26-6-7-27-13-20(2)11-25-12-20;1-3-2;1-2/h4-5,8-9H,6-7,10-13H2,1-3H3;3H2,1-2H3;1-2H3. The Labute approximate surface area is 197 Å². The molecule has 2 aromatic rings. The Morgan fingerprint density at radius 3 is 2.41 bits per heavy atom. The van der Waals surface area contributed by atoms with E-state index in [1.54, 1.807) is 10.8 Å². The summed E-state index contributed by atoms with van der Waals surface area (Å²) in [6, 6.07) is 5.61. The number of esters is 1. The molecule has 1 saturated heterocycles. The smallest absolute Gasteiger partial charge is 0.325 e. The van der Waals surface area contributed by atoms with E-state index in [0.29, 0.717) is 17.6 Å². The molecule has 0 N–H and O–H groups in total. The Hall–Kier alpha value is -1.99. The summed E-state index contributed by atoms with van der Waals surface area (Å²) in [5.74, 6) is 2.29. The number of aromatic nitrogens is 1. The lowest BCUT2D eigenvalue weighted by Gasteiger charge is -2.37. The minimum atomic E-state index is -0.357. The summed E-state index contributed by atoms with van der Waals surface area (Å²) < 4.78 is 17.6. The van der Waals surface area contributed by atoms with Gasteiger partial charge in [0.2, 0.25) is 0 Å². The summed E-state index contributed by atoms with van der Waals surface area (Å²) in [5.41, 5.74) is 1.69. The number of ketones is 1. The zero-order valence-corrected chi connectivity index (χ0v) is 21.5. The lowest BCUT2D eigenvalue weighted by atomic mass is 9.92. The number of fused-ring (bicyclic) bond motifs is 1. The van der Waals surface area contributed by atoms with Crippen LogP contribution in [0, 0.1) is 5.41 Å². The molecule has 1 aliphatic heterocycles. The maximum Gasteiger partial charge on any atom is 0.325 e. The van der Waals surface area contributed by atoms with Crippen LogP contribution in [-0.4, -0.2) is 54.8 Å². The molecule has 6 nitrogen and oxygen atoms in total. The molecule has 0 saturated carbocycles. The van der Waals surface area contributed by atoms with Crippen LogP contribution in [0.5, 0.6) is 5.75 Å². The first-order valence-electron chi connectivity index (χ1n) is 11.3. The van der Waals surface area contributed by atoms with Crippen molar-refractivity contribution in [3.05, 3.63) is 30.0 Å². The third-order valence-corrected chi connectivity index (χ3v) is 5.96. The number of hydrogen-bond acceptors (Lipinski definition) is 6. The number of thioether (sulfide) groups is 1. The second-order valence-electron chi connectivity index (χ2n) is 7.89. The fraction of sp³-hybridized carbons (Fsp3) is 0.600. The van der Waals surface area contributed by atoms with Gasteiger partial charge in [-0.2, -0.15) is 11.8 Å². The van der Waals surface area contributed by atoms with Gasteiger partial charge in [0.05, 0.1) is 26.9 Å². The Bertz CT molecular complexity index is 857. The molecule has 1 aromatic heterocycles. The van der Waals surface area contributed by atoms with E-state index in [4.69, 9.17) is 14.2 Å². The third-order valence-electron chi connectivity index (χ3n) is 4.61. The van der Waals surface area contributed by atoms with Crippen molar-refractivity contribution in [2.75, 3.05) is 38.4 Å². The number of methoxy groups -OCH3 is 1. The SMILES string of the molecule is CC.CCC.COC(=O)Cn1cc(C(C)=O)c2cc(OCCSCC3(C)COC3)ccc21. The number of ether oxygens (including phenoxy) is 3. The van der Waals surface area contributed by atoms with E-state index in [1.807, 2.05) is 43.8 Å². The Kier molecular flexibility index (Phi) is 12.5. The van der Waals surface area contributed by atoms with Crippen molar-refractivity contribution in [2.24, 2.45) is 5.41 Å². The minimum absolute atomic E-state index is 0.0488. The van der Waals surface area contributed by atoms with Crippen LogP contribution in [0.25, 0.3) is 10.9 Å². The van der Waals surface area contributed by atoms with Gasteiger partial charge < -0.3 is 18.8 Å². The monoisotopic (exact) mass is 465 g/mol. The Balaban J connectivity index is 0.000000944. The molecule has 0 amide bonds. The summed E-state index contributed by atoms with van der Waals surface area (Å²) >= 11 is 1.87. The molecular formula is C25H39NO5S. The van der Waals surface area contributed by atoms with Crippen molar-refractivity contribution >= 4 is 34.4 Å². The van der Waals surface area contributed by atoms with Gasteiger partial charge in [0.1, 0.15) is 12.3 Å². The molecule has 32 heavy (non-hydrogen) atoms. The Morgan fingerprint density at radius 2 is 1.88 bits per heavy atom. The van der Waals surface area contributed by atoms with Crippen LogP contribution in [-0.2, 0) is 20.8 Å². The number of hydrogen-bond donors (Lipinski definition) is 0. The summed E-state index contributed by atoms with van der Waals surface area (Å²) in [6.07, 6.45) is 2.95. The fourth-order valence-corrected chi connectivity index (χ4v) is 4.06. The van der Waals surface area contributed by atoms with Gasteiger partial charge >= 0.3 is 5.97 Å². The normalized spacial score (nSPS) is 13.7. The highest BCUT2D eigenvalue weighted by atomic mass is 32.2. The van der Waals surface area contributed by atoms with Crippen molar-refractivity contribution in [1.82, 2.24) is 4.57 Å². The van der Waals surface area contributed by atoms with Crippen molar-refractivity contribution in [3.63, 3.8) is 0 Å². The van der Waals surface area contributed by atoms with Crippen LogP contribution < -0.4 is 4.74 Å². The second kappa shape index (κ2) is 14.2. The number of nitrogens with zero attached hydrogens (tertiary/aromatic N) is 1. The van der Waals surface area contributed by atoms with Crippen LogP contribution >= 0.6 is 11.8 Å². The molecular weight excluding hydrogens is 426 g/mol. The van der Waals surface area contributed by atoms with Crippen LogP contribution in [0.3, 0.4) is 0 Å². The van der Waals surface area contributed by atoms with E-state index in [1.165, 1.54) is 20.5 Å². The molecule has 0 bridgehead atoms. The summed E-state index contributed by atoms with van der Waals surface area (Å²) in [4.78, 5) is 23.6.